The lowest BCUT2D eigenvalue weighted by molar-refractivity contribution is -0.132. The number of rotatable bonds is 5. The van der Waals surface area contributed by atoms with Crippen molar-refractivity contribution in [2.24, 2.45) is 11.1 Å². The summed E-state index contributed by atoms with van der Waals surface area (Å²) in [7, 11) is 0. The van der Waals surface area contributed by atoms with Crippen LogP contribution in [0.1, 0.15) is 63.5 Å². The number of benzene rings is 1. The first-order chi connectivity index (χ1) is 10.2. The Morgan fingerprint density at radius 3 is 2.33 bits per heavy atom. The summed E-state index contributed by atoms with van der Waals surface area (Å²) in [6.45, 7) is 2.57. The number of carbonyl (C=O) groups is 1. The Labute approximate surface area is 128 Å². The minimum Gasteiger partial charge on any atom is -0.349 e. The van der Waals surface area contributed by atoms with Crippen molar-refractivity contribution in [1.82, 2.24) is 5.32 Å². The second kappa shape index (κ2) is 7.60. The van der Waals surface area contributed by atoms with Crippen LogP contribution in [0.15, 0.2) is 30.3 Å². The molecule has 1 aliphatic rings. The van der Waals surface area contributed by atoms with Gasteiger partial charge in [0.1, 0.15) is 0 Å². The molecule has 3 heteroatoms. The van der Waals surface area contributed by atoms with Crippen LogP contribution < -0.4 is 11.1 Å². The molecule has 0 heterocycles. The van der Waals surface area contributed by atoms with Gasteiger partial charge in [0.2, 0.25) is 5.91 Å². The van der Waals surface area contributed by atoms with E-state index in [4.69, 9.17) is 5.73 Å². The number of hydrogen-bond donors (Lipinski definition) is 2. The zero-order chi connectivity index (χ0) is 15.1. The van der Waals surface area contributed by atoms with Crippen LogP contribution in [0.3, 0.4) is 0 Å². The molecule has 0 bridgehead atoms. The lowest BCUT2D eigenvalue weighted by atomic mass is 9.79. The van der Waals surface area contributed by atoms with E-state index in [1.807, 2.05) is 18.2 Å². The number of nitrogens with two attached hydrogens (primary N) is 1. The SMILES string of the molecule is CCC(NC(=O)C1(CN)CCCCCC1)c1ccccc1. The van der Waals surface area contributed by atoms with Gasteiger partial charge in [0.25, 0.3) is 0 Å². The number of hydrogen-bond acceptors (Lipinski definition) is 2. The van der Waals surface area contributed by atoms with Gasteiger partial charge in [-0.15, -0.1) is 0 Å². The predicted molar refractivity (Wildman–Crippen MR) is 86.8 cm³/mol. The highest BCUT2D eigenvalue weighted by molar-refractivity contribution is 5.83. The predicted octanol–water partition coefficient (Wildman–Crippen LogP) is 3.55. The summed E-state index contributed by atoms with van der Waals surface area (Å²) >= 11 is 0. The first kappa shape index (κ1) is 16.0. The van der Waals surface area contributed by atoms with Crippen LogP contribution >= 0.6 is 0 Å². The molecule has 0 saturated heterocycles. The summed E-state index contributed by atoms with van der Waals surface area (Å²) in [6.07, 6.45) is 7.45. The fourth-order valence-electron chi connectivity index (χ4n) is 3.35. The number of nitrogens with one attached hydrogen (secondary N) is 1. The molecule has 1 saturated carbocycles. The zero-order valence-electron chi connectivity index (χ0n) is 13.1. The van der Waals surface area contributed by atoms with Gasteiger partial charge in [-0.1, -0.05) is 62.9 Å². The van der Waals surface area contributed by atoms with Crippen LogP contribution in [0.25, 0.3) is 0 Å². The Hall–Kier alpha value is -1.35. The zero-order valence-corrected chi connectivity index (χ0v) is 13.1. The van der Waals surface area contributed by atoms with Gasteiger partial charge in [-0.3, -0.25) is 4.79 Å². The topological polar surface area (TPSA) is 55.1 Å². The lowest BCUT2D eigenvalue weighted by Gasteiger charge is -2.32. The molecule has 1 atom stereocenters. The highest BCUT2D eigenvalue weighted by atomic mass is 16.2. The summed E-state index contributed by atoms with van der Waals surface area (Å²) in [5, 5.41) is 3.25. The fraction of sp³-hybridized carbons (Fsp3) is 0.611. The Morgan fingerprint density at radius 1 is 1.19 bits per heavy atom. The van der Waals surface area contributed by atoms with Gasteiger partial charge in [0.05, 0.1) is 11.5 Å². The minimum absolute atomic E-state index is 0.0883. The van der Waals surface area contributed by atoms with Gasteiger partial charge in [0, 0.05) is 6.54 Å². The van der Waals surface area contributed by atoms with Crippen molar-refractivity contribution in [3.63, 3.8) is 0 Å². The average molecular weight is 288 g/mol. The van der Waals surface area contributed by atoms with Gasteiger partial charge in [-0.25, -0.2) is 0 Å². The van der Waals surface area contributed by atoms with Crippen molar-refractivity contribution in [3.05, 3.63) is 35.9 Å². The quantitative estimate of drug-likeness (QED) is 0.814. The van der Waals surface area contributed by atoms with Crippen molar-refractivity contribution in [3.8, 4) is 0 Å². The maximum absolute atomic E-state index is 12.9. The van der Waals surface area contributed by atoms with E-state index in [9.17, 15) is 4.79 Å². The second-order valence-electron chi connectivity index (χ2n) is 6.24. The van der Waals surface area contributed by atoms with E-state index in [1.54, 1.807) is 0 Å². The Bertz CT molecular complexity index is 436. The minimum atomic E-state index is -0.349. The maximum Gasteiger partial charge on any atom is 0.227 e. The molecule has 0 aromatic heterocycles. The molecular weight excluding hydrogens is 260 g/mol. The van der Waals surface area contributed by atoms with Gasteiger partial charge >= 0.3 is 0 Å². The first-order valence-electron chi connectivity index (χ1n) is 8.28. The van der Waals surface area contributed by atoms with Crippen LogP contribution in [-0.4, -0.2) is 12.5 Å². The van der Waals surface area contributed by atoms with Gasteiger partial charge < -0.3 is 11.1 Å². The number of amides is 1. The highest BCUT2D eigenvalue weighted by Gasteiger charge is 2.37. The molecule has 1 unspecified atom stereocenters. The Balaban J connectivity index is 2.10. The average Bonchev–Trinajstić information content (AvgIpc) is 2.79. The fourth-order valence-corrected chi connectivity index (χ4v) is 3.35. The lowest BCUT2D eigenvalue weighted by Crippen LogP contribution is -2.46. The third-order valence-electron chi connectivity index (χ3n) is 4.85. The molecular formula is C18H28N2O. The number of carbonyl (C=O) groups excluding carboxylic acids is 1. The van der Waals surface area contributed by atoms with Crippen LogP contribution in [0, 0.1) is 5.41 Å². The molecule has 0 spiro atoms. The molecule has 1 aliphatic carbocycles. The molecule has 21 heavy (non-hydrogen) atoms. The standard InChI is InChI=1S/C18H28N2O/c1-2-16(15-10-6-5-7-11-15)20-17(21)18(14-19)12-8-3-4-9-13-18/h5-7,10-11,16H,2-4,8-9,12-14,19H2,1H3,(H,20,21). The molecule has 1 aromatic carbocycles. The molecule has 1 amide bonds. The normalized spacial score (nSPS) is 19.5. The maximum atomic E-state index is 12.9. The van der Waals surface area contributed by atoms with E-state index in [-0.39, 0.29) is 17.4 Å². The van der Waals surface area contributed by atoms with Gasteiger partial charge in [-0.05, 0) is 24.8 Å². The van der Waals surface area contributed by atoms with Crippen molar-refractivity contribution in [2.45, 2.75) is 57.9 Å². The monoisotopic (exact) mass is 288 g/mol. The second-order valence-corrected chi connectivity index (χ2v) is 6.24. The molecule has 0 radical (unpaired) electrons. The summed E-state index contributed by atoms with van der Waals surface area (Å²) in [6, 6.07) is 10.3. The molecule has 3 nitrogen and oxygen atoms in total. The van der Waals surface area contributed by atoms with Crippen molar-refractivity contribution < 1.29 is 4.79 Å². The Morgan fingerprint density at radius 2 is 1.81 bits per heavy atom. The highest BCUT2D eigenvalue weighted by Crippen LogP contribution is 2.35. The van der Waals surface area contributed by atoms with Gasteiger partial charge in [-0.2, -0.15) is 0 Å². The molecule has 1 fully saturated rings. The van der Waals surface area contributed by atoms with Crippen molar-refractivity contribution in [1.29, 1.82) is 0 Å². The van der Waals surface area contributed by atoms with E-state index in [2.05, 4.69) is 24.4 Å². The molecule has 3 N–H and O–H groups in total. The molecule has 116 valence electrons. The van der Waals surface area contributed by atoms with Crippen LogP contribution in [0.5, 0.6) is 0 Å². The van der Waals surface area contributed by atoms with Crippen LogP contribution in [0.2, 0.25) is 0 Å². The van der Waals surface area contributed by atoms with Crippen molar-refractivity contribution in [2.75, 3.05) is 6.54 Å². The summed E-state index contributed by atoms with van der Waals surface area (Å²) in [5.74, 6) is 0.155. The first-order valence-corrected chi connectivity index (χ1v) is 8.28. The molecule has 0 aliphatic heterocycles. The molecule has 1 aromatic rings. The van der Waals surface area contributed by atoms with Gasteiger partial charge in [0.15, 0.2) is 0 Å². The van der Waals surface area contributed by atoms with E-state index in [0.29, 0.717) is 6.54 Å². The Kier molecular flexibility index (Phi) is 5.80. The van der Waals surface area contributed by atoms with Crippen LogP contribution in [0.4, 0.5) is 0 Å². The summed E-state index contributed by atoms with van der Waals surface area (Å²) in [5.41, 5.74) is 6.83. The van der Waals surface area contributed by atoms with E-state index >= 15 is 0 Å². The third-order valence-corrected chi connectivity index (χ3v) is 4.85. The van der Waals surface area contributed by atoms with E-state index in [0.717, 1.165) is 32.1 Å². The van der Waals surface area contributed by atoms with Crippen LogP contribution in [-0.2, 0) is 4.79 Å². The molecule has 2 rings (SSSR count). The third kappa shape index (κ3) is 3.85. The summed E-state index contributed by atoms with van der Waals surface area (Å²) < 4.78 is 0. The largest absolute Gasteiger partial charge is 0.349 e. The van der Waals surface area contributed by atoms with E-state index in [1.165, 1.54) is 18.4 Å². The smallest absolute Gasteiger partial charge is 0.227 e. The summed E-state index contributed by atoms with van der Waals surface area (Å²) in [4.78, 5) is 12.9. The van der Waals surface area contributed by atoms with Crippen molar-refractivity contribution >= 4 is 5.91 Å². The van der Waals surface area contributed by atoms with E-state index < -0.39 is 0 Å².